The molecule has 0 aromatic heterocycles. The monoisotopic (exact) mass is 85.1 g/mol. The minimum atomic E-state index is 1.19. The second-order valence-corrected chi connectivity index (χ2v) is 0.816. The van der Waals surface area contributed by atoms with Crippen LogP contribution in [0.15, 0.2) is 0 Å². The lowest BCUT2D eigenvalue weighted by Gasteiger charge is -1.64. The molecular weight excluding hydrogens is 70.9 g/mol. The van der Waals surface area contributed by atoms with Gasteiger partial charge in [-0.15, -0.1) is 0 Å². The standard InChI is InChI=1S/C3H8B.C2H6/c1-3-4-2;1-2/h3H2,1-2H3;1-2H3. The Labute approximate surface area is 42.2 Å². The van der Waals surface area contributed by atoms with Gasteiger partial charge in [0.05, 0.1) is 0 Å². The van der Waals surface area contributed by atoms with E-state index in [0.29, 0.717) is 0 Å². The number of hydrogen-bond acceptors (Lipinski definition) is 0. The largest absolute Gasteiger partial charge is 0.105 e. The van der Waals surface area contributed by atoms with Crippen LogP contribution in [0.4, 0.5) is 0 Å². The van der Waals surface area contributed by atoms with Crippen LogP contribution < -0.4 is 0 Å². The van der Waals surface area contributed by atoms with Crippen LogP contribution in [-0.4, -0.2) is 7.28 Å². The zero-order chi connectivity index (χ0) is 5.41. The quantitative estimate of drug-likeness (QED) is 0.428. The van der Waals surface area contributed by atoms with E-state index in [1.807, 2.05) is 13.8 Å². The van der Waals surface area contributed by atoms with Gasteiger partial charge in [0.1, 0.15) is 7.28 Å². The van der Waals surface area contributed by atoms with Crippen molar-refractivity contribution in [3.63, 3.8) is 0 Å². The molecule has 0 aromatic carbocycles. The van der Waals surface area contributed by atoms with Crippen molar-refractivity contribution >= 4 is 7.28 Å². The first-order chi connectivity index (χ1) is 2.91. The Kier molecular flexibility index (Phi) is 30.8. The average Bonchev–Trinajstić information content (AvgIpc) is 1.72. The van der Waals surface area contributed by atoms with E-state index < -0.39 is 0 Å². The summed E-state index contributed by atoms with van der Waals surface area (Å²) in [6.07, 6.45) is 1.19. The molecule has 0 N–H and O–H groups in total. The molecule has 0 spiro atoms. The van der Waals surface area contributed by atoms with Gasteiger partial charge in [-0.05, 0) is 0 Å². The Balaban J connectivity index is 0. The van der Waals surface area contributed by atoms with Gasteiger partial charge in [-0.1, -0.05) is 33.9 Å². The van der Waals surface area contributed by atoms with Crippen molar-refractivity contribution in [2.24, 2.45) is 0 Å². The molecule has 0 bridgehead atoms. The Morgan fingerprint density at radius 1 is 1.33 bits per heavy atom. The predicted molar refractivity (Wildman–Crippen MR) is 33.4 cm³/mol. The molecule has 0 nitrogen and oxygen atoms in total. The van der Waals surface area contributed by atoms with Crippen LogP contribution in [-0.2, 0) is 0 Å². The fraction of sp³-hybridized carbons (Fsp3) is 1.00. The third-order valence-electron chi connectivity index (χ3n) is 0.408. The van der Waals surface area contributed by atoms with Crippen molar-refractivity contribution < 1.29 is 0 Å². The summed E-state index contributed by atoms with van der Waals surface area (Å²) >= 11 is 0. The molecule has 0 heterocycles. The molecule has 37 valence electrons. The molecule has 0 atom stereocenters. The van der Waals surface area contributed by atoms with Crippen LogP contribution in [0.3, 0.4) is 0 Å². The summed E-state index contributed by atoms with van der Waals surface area (Å²) in [7, 11) is 2.12. The molecule has 0 amide bonds. The van der Waals surface area contributed by atoms with E-state index in [9.17, 15) is 0 Å². The minimum Gasteiger partial charge on any atom is -0.0920 e. The maximum absolute atomic E-state index is 2.12. The van der Waals surface area contributed by atoms with E-state index in [0.717, 1.165) is 0 Å². The van der Waals surface area contributed by atoms with Crippen molar-refractivity contribution in [1.29, 1.82) is 0 Å². The summed E-state index contributed by atoms with van der Waals surface area (Å²) in [5, 5.41) is 0. The molecule has 0 aromatic rings. The normalized spacial score (nSPS) is 5.33. The van der Waals surface area contributed by atoms with Crippen LogP contribution in [0.1, 0.15) is 20.8 Å². The molecule has 0 aliphatic heterocycles. The highest BCUT2D eigenvalue weighted by molar-refractivity contribution is 6.33. The van der Waals surface area contributed by atoms with E-state index >= 15 is 0 Å². The van der Waals surface area contributed by atoms with Crippen molar-refractivity contribution in [3.8, 4) is 0 Å². The van der Waals surface area contributed by atoms with Gasteiger partial charge in [0.25, 0.3) is 0 Å². The maximum atomic E-state index is 2.12. The predicted octanol–water partition coefficient (Wildman–Crippen LogP) is 2.20. The molecule has 1 heteroatoms. The lowest BCUT2D eigenvalue weighted by Crippen LogP contribution is -1.67. The Morgan fingerprint density at radius 3 is 1.50 bits per heavy atom. The molecule has 0 aliphatic rings. The Bertz CT molecular complexity index is 5.90. The third-order valence-corrected chi connectivity index (χ3v) is 0.408. The lowest BCUT2D eigenvalue weighted by molar-refractivity contribution is 1.45. The molecular formula is C5H14B. The zero-order valence-corrected chi connectivity index (χ0v) is 5.28. The number of hydrogen-bond donors (Lipinski definition) is 0. The Hall–Kier alpha value is 0.0649. The van der Waals surface area contributed by atoms with Crippen molar-refractivity contribution in [2.45, 2.75) is 33.9 Å². The van der Waals surface area contributed by atoms with Crippen LogP contribution in [0, 0.1) is 0 Å². The highest BCUT2D eigenvalue weighted by Crippen LogP contribution is 1.64. The molecule has 0 aliphatic carbocycles. The van der Waals surface area contributed by atoms with Gasteiger partial charge in [-0.2, -0.15) is 0 Å². The Morgan fingerprint density at radius 2 is 1.50 bits per heavy atom. The second kappa shape index (κ2) is 19.6. The first-order valence-electron chi connectivity index (χ1n) is 2.69. The number of rotatable bonds is 1. The van der Waals surface area contributed by atoms with Gasteiger partial charge >= 0.3 is 0 Å². The smallest absolute Gasteiger partial charge is 0.0920 e. The van der Waals surface area contributed by atoms with Crippen molar-refractivity contribution in [2.75, 3.05) is 0 Å². The van der Waals surface area contributed by atoms with Crippen LogP contribution >= 0.6 is 0 Å². The van der Waals surface area contributed by atoms with Gasteiger partial charge in [0.15, 0.2) is 0 Å². The third kappa shape index (κ3) is 33.7. The van der Waals surface area contributed by atoms with Crippen LogP contribution in [0.25, 0.3) is 0 Å². The van der Waals surface area contributed by atoms with E-state index in [-0.39, 0.29) is 0 Å². The summed E-state index contributed by atoms with van der Waals surface area (Å²) in [6.45, 7) is 8.18. The molecule has 1 radical (unpaired) electrons. The molecule has 0 saturated carbocycles. The van der Waals surface area contributed by atoms with Crippen molar-refractivity contribution in [1.82, 2.24) is 0 Å². The molecule has 0 unspecified atom stereocenters. The second-order valence-electron chi connectivity index (χ2n) is 0.816. The molecule has 6 heavy (non-hydrogen) atoms. The SMILES string of the molecule is CC.C[B]CC. The van der Waals surface area contributed by atoms with Crippen LogP contribution in [0.5, 0.6) is 0 Å². The fourth-order valence-corrected chi connectivity index (χ4v) is 0. The van der Waals surface area contributed by atoms with Gasteiger partial charge in [-0.3, -0.25) is 0 Å². The first kappa shape index (κ1) is 9.42. The first-order valence-corrected chi connectivity index (χ1v) is 2.69. The average molecular weight is 85.0 g/mol. The fourth-order valence-electron chi connectivity index (χ4n) is 0. The van der Waals surface area contributed by atoms with Gasteiger partial charge in [0, 0.05) is 0 Å². The highest BCUT2D eigenvalue weighted by Gasteiger charge is 1.61. The van der Waals surface area contributed by atoms with Gasteiger partial charge in [-0.25, -0.2) is 0 Å². The van der Waals surface area contributed by atoms with E-state index in [1.54, 1.807) is 0 Å². The minimum absolute atomic E-state index is 1.19. The molecule has 0 saturated heterocycles. The summed E-state index contributed by atoms with van der Waals surface area (Å²) in [5.74, 6) is 0. The van der Waals surface area contributed by atoms with E-state index in [4.69, 9.17) is 0 Å². The summed E-state index contributed by atoms with van der Waals surface area (Å²) in [6, 6.07) is 0. The van der Waals surface area contributed by atoms with E-state index in [1.165, 1.54) is 6.32 Å². The maximum Gasteiger partial charge on any atom is 0.105 e. The molecule has 0 rings (SSSR count). The lowest BCUT2D eigenvalue weighted by atomic mass is 9.79. The van der Waals surface area contributed by atoms with E-state index in [2.05, 4.69) is 21.0 Å². The van der Waals surface area contributed by atoms with Crippen molar-refractivity contribution in [3.05, 3.63) is 0 Å². The van der Waals surface area contributed by atoms with Gasteiger partial charge < -0.3 is 0 Å². The topological polar surface area (TPSA) is 0 Å². The highest BCUT2D eigenvalue weighted by atomic mass is 13.3. The molecule has 0 fully saturated rings. The summed E-state index contributed by atoms with van der Waals surface area (Å²) < 4.78 is 0. The zero-order valence-electron chi connectivity index (χ0n) is 5.28. The van der Waals surface area contributed by atoms with Crippen LogP contribution in [0.2, 0.25) is 13.1 Å². The summed E-state index contributed by atoms with van der Waals surface area (Å²) in [4.78, 5) is 0. The van der Waals surface area contributed by atoms with Gasteiger partial charge in [0.2, 0.25) is 0 Å². The summed E-state index contributed by atoms with van der Waals surface area (Å²) in [5.41, 5.74) is 0.